The van der Waals surface area contributed by atoms with Crippen LogP contribution in [0.1, 0.15) is 29.7 Å². The summed E-state index contributed by atoms with van der Waals surface area (Å²) >= 11 is 3.05. The van der Waals surface area contributed by atoms with Gasteiger partial charge in [0, 0.05) is 49.1 Å². The van der Waals surface area contributed by atoms with Crippen molar-refractivity contribution >= 4 is 60.7 Å². The lowest BCUT2D eigenvalue weighted by molar-refractivity contribution is -0.137. The average molecular weight is 581 g/mol. The number of piperidine rings is 1. The van der Waals surface area contributed by atoms with E-state index in [1.54, 1.807) is 24.8 Å². The van der Waals surface area contributed by atoms with Crippen LogP contribution < -0.4 is 10.1 Å². The van der Waals surface area contributed by atoms with E-state index < -0.39 is 0 Å². The largest absolute Gasteiger partial charge is 0.494 e. The van der Waals surface area contributed by atoms with Crippen LogP contribution in [0.4, 0.5) is 11.5 Å². The van der Waals surface area contributed by atoms with E-state index in [2.05, 4.69) is 60.7 Å². The van der Waals surface area contributed by atoms with Crippen molar-refractivity contribution in [1.29, 1.82) is 0 Å². The van der Waals surface area contributed by atoms with Crippen LogP contribution in [0.15, 0.2) is 18.5 Å². The van der Waals surface area contributed by atoms with Crippen molar-refractivity contribution in [3.05, 3.63) is 28.9 Å². The Kier molecular flexibility index (Phi) is 7.84. The second kappa shape index (κ2) is 11.5. The summed E-state index contributed by atoms with van der Waals surface area (Å²) in [5.74, 6) is 1.81. The van der Waals surface area contributed by atoms with Gasteiger partial charge in [-0.2, -0.15) is 0 Å². The number of benzene rings is 1. The van der Waals surface area contributed by atoms with Crippen LogP contribution in [-0.2, 0) is 17.6 Å². The fraction of sp³-hybridized carbons (Fsp3) is 0.536. The first-order valence-electron chi connectivity index (χ1n) is 13.9. The number of rotatable bonds is 8. The Morgan fingerprint density at radius 1 is 1.15 bits per heavy atom. The second-order valence-corrected chi connectivity index (χ2v) is 13.0. The van der Waals surface area contributed by atoms with Gasteiger partial charge in [0.15, 0.2) is 0 Å². The number of nitrogens with one attached hydrogen (secondary N) is 1. The zero-order chi connectivity index (χ0) is 27.8. The standard InChI is InChI=1S/C28H36N8O2S2/c1-34(2)11-12-35(3)18-7-9-36(10-8-18)28(37)17-5-6-19-23(13-17)39-27-25(19)26(29-16-30-27)31-20-15-24-21(32-33-40-24)14-22(20)38-4/h14-18H,5-13H2,1-4H3,(H,29,30,31)/t17-/m0/s1. The number of hydrogen-bond donors (Lipinski definition) is 1. The van der Waals surface area contributed by atoms with Crippen molar-refractivity contribution in [1.82, 2.24) is 34.3 Å². The molecule has 212 valence electrons. The number of methoxy groups -OCH3 is 1. The molecule has 1 N–H and O–H groups in total. The average Bonchev–Trinajstić information content (AvgIpc) is 3.59. The predicted octanol–water partition coefficient (Wildman–Crippen LogP) is 4.04. The number of ether oxygens (including phenoxy) is 1. The third kappa shape index (κ3) is 5.37. The highest BCUT2D eigenvalue weighted by atomic mass is 32.1. The van der Waals surface area contributed by atoms with Gasteiger partial charge in [-0.05, 0) is 76.4 Å². The van der Waals surface area contributed by atoms with Gasteiger partial charge in [0.25, 0.3) is 0 Å². The van der Waals surface area contributed by atoms with Crippen LogP contribution in [0.3, 0.4) is 0 Å². The van der Waals surface area contributed by atoms with E-state index in [9.17, 15) is 4.79 Å². The number of fused-ring (bicyclic) bond motifs is 4. The number of amides is 1. The zero-order valence-electron chi connectivity index (χ0n) is 23.5. The van der Waals surface area contributed by atoms with Crippen molar-refractivity contribution in [2.75, 3.05) is 59.7 Å². The lowest BCUT2D eigenvalue weighted by Gasteiger charge is -2.38. The molecule has 4 aromatic rings. The van der Waals surface area contributed by atoms with E-state index >= 15 is 0 Å². The van der Waals surface area contributed by atoms with Gasteiger partial charge >= 0.3 is 0 Å². The molecule has 0 spiro atoms. The molecule has 10 nitrogen and oxygen atoms in total. The number of hydrogen-bond acceptors (Lipinski definition) is 11. The van der Waals surface area contributed by atoms with Crippen molar-refractivity contribution in [3.8, 4) is 5.75 Å². The fourth-order valence-corrected chi connectivity index (χ4v) is 7.79. The van der Waals surface area contributed by atoms with Gasteiger partial charge in [-0.15, -0.1) is 16.4 Å². The first kappa shape index (κ1) is 27.3. The summed E-state index contributed by atoms with van der Waals surface area (Å²) in [6.07, 6.45) is 6.19. The Balaban J connectivity index is 1.16. The Labute approximate surface area is 242 Å². The topological polar surface area (TPSA) is 99.6 Å². The number of anilines is 2. The lowest BCUT2D eigenvalue weighted by Crippen LogP contribution is -2.48. The summed E-state index contributed by atoms with van der Waals surface area (Å²) in [6.45, 7) is 3.83. The summed E-state index contributed by atoms with van der Waals surface area (Å²) in [6, 6.07) is 4.45. The maximum absolute atomic E-state index is 13.6. The van der Waals surface area contributed by atoms with E-state index in [1.165, 1.54) is 22.0 Å². The van der Waals surface area contributed by atoms with Gasteiger partial charge in [-0.25, -0.2) is 9.97 Å². The molecule has 1 aliphatic carbocycles. The summed E-state index contributed by atoms with van der Waals surface area (Å²) in [7, 11) is 8.09. The van der Waals surface area contributed by atoms with Crippen LogP contribution in [0, 0.1) is 5.92 Å². The molecule has 0 bridgehead atoms. The summed E-state index contributed by atoms with van der Waals surface area (Å²) < 4.78 is 10.7. The Morgan fingerprint density at radius 3 is 2.75 bits per heavy atom. The quantitative estimate of drug-likeness (QED) is 0.331. The molecule has 1 aliphatic heterocycles. The number of thiophene rings is 1. The number of aromatic nitrogens is 4. The number of nitrogens with zero attached hydrogens (tertiary/aromatic N) is 7. The number of carbonyl (C=O) groups is 1. The third-order valence-corrected chi connectivity index (χ3v) is 10.2. The molecule has 0 unspecified atom stereocenters. The van der Waals surface area contributed by atoms with Crippen LogP contribution in [0.5, 0.6) is 5.75 Å². The van der Waals surface area contributed by atoms with E-state index in [1.807, 2.05) is 12.1 Å². The summed E-state index contributed by atoms with van der Waals surface area (Å²) in [5.41, 5.74) is 2.90. The first-order chi connectivity index (χ1) is 19.4. The molecular formula is C28H36N8O2S2. The van der Waals surface area contributed by atoms with Crippen LogP contribution in [-0.4, -0.2) is 101 Å². The maximum atomic E-state index is 13.6. The van der Waals surface area contributed by atoms with Crippen molar-refractivity contribution in [2.45, 2.75) is 38.1 Å². The van der Waals surface area contributed by atoms with Crippen molar-refractivity contribution in [2.24, 2.45) is 5.92 Å². The molecule has 0 saturated carbocycles. The van der Waals surface area contributed by atoms with E-state index in [-0.39, 0.29) is 5.92 Å². The normalized spacial score (nSPS) is 18.1. The van der Waals surface area contributed by atoms with E-state index in [0.717, 1.165) is 90.2 Å². The van der Waals surface area contributed by atoms with Gasteiger partial charge < -0.3 is 24.8 Å². The minimum atomic E-state index is 0.0364. The van der Waals surface area contributed by atoms with Gasteiger partial charge in [0.2, 0.25) is 5.91 Å². The smallest absolute Gasteiger partial charge is 0.226 e. The molecule has 1 amide bonds. The molecule has 40 heavy (non-hydrogen) atoms. The third-order valence-electron chi connectivity index (χ3n) is 8.32. The molecule has 1 aromatic carbocycles. The highest BCUT2D eigenvalue weighted by Crippen LogP contribution is 2.42. The Bertz CT molecular complexity index is 1510. The lowest BCUT2D eigenvalue weighted by atomic mass is 9.86. The van der Waals surface area contributed by atoms with Crippen LogP contribution in [0.25, 0.3) is 20.4 Å². The SMILES string of the molecule is COc1cc2nnsc2cc1Nc1ncnc2sc3c(c12)CC[C@H](C(=O)N1CCC(N(C)CCN(C)C)CC1)C3. The number of carbonyl (C=O) groups excluding carboxylic acids is 1. The highest BCUT2D eigenvalue weighted by Gasteiger charge is 2.33. The second-order valence-electron chi connectivity index (χ2n) is 11.1. The minimum Gasteiger partial charge on any atom is -0.494 e. The van der Waals surface area contributed by atoms with Crippen molar-refractivity contribution in [3.63, 3.8) is 0 Å². The Hall–Kier alpha value is -2.93. The highest BCUT2D eigenvalue weighted by molar-refractivity contribution is 7.19. The van der Waals surface area contributed by atoms with E-state index in [4.69, 9.17) is 4.74 Å². The molecule has 12 heteroatoms. The van der Waals surface area contributed by atoms with Gasteiger partial charge in [0.05, 0.1) is 22.9 Å². The molecular weight excluding hydrogens is 544 g/mol. The number of aryl methyl sites for hydroxylation is 1. The first-order valence-corrected chi connectivity index (χ1v) is 15.5. The van der Waals surface area contributed by atoms with Gasteiger partial charge in [-0.3, -0.25) is 4.79 Å². The molecule has 1 saturated heterocycles. The fourth-order valence-electron chi connectivity index (χ4n) is 5.94. The predicted molar refractivity (Wildman–Crippen MR) is 161 cm³/mol. The number of likely N-dealkylation sites (tertiary alicyclic amines) is 1. The molecule has 6 rings (SSSR count). The van der Waals surface area contributed by atoms with Crippen LogP contribution in [0.2, 0.25) is 0 Å². The molecule has 0 radical (unpaired) electrons. The minimum absolute atomic E-state index is 0.0364. The van der Waals surface area contributed by atoms with Crippen molar-refractivity contribution < 1.29 is 9.53 Å². The zero-order valence-corrected chi connectivity index (χ0v) is 25.1. The van der Waals surface area contributed by atoms with Gasteiger partial charge in [-0.1, -0.05) is 4.49 Å². The Morgan fingerprint density at radius 2 is 1.98 bits per heavy atom. The summed E-state index contributed by atoms with van der Waals surface area (Å²) in [4.78, 5) is 31.8. The van der Waals surface area contributed by atoms with E-state index in [0.29, 0.717) is 17.7 Å². The maximum Gasteiger partial charge on any atom is 0.226 e. The summed E-state index contributed by atoms with van der Waals surface area (Å²) in [5, 5.41) is 8.71. The number of likely N-dealkylation sites (N-methyl/N-ethyl adjacent to an activating group) is 2. The molecule has 1 atom stereocenters. The molecule has 4 heterocycles. The monoisotopic (exact) mass is 580 g/mol. The van der Waals surface area contributed by atoms with Crippen LogP contribution >= 0.6 is 22.9 Å². The molecule has 2 aliphatic rings. The molecule has 1 fully saturated rings. The molecule has 3 aromatic heterocycles. The van der Waals surface area contributed by atoms with Gasteiger partial charge in [0.1, 0.15) is 28.2 Å².